The van der Waals surface area contributed by atoms with E-state index in [-0.39, 0.29) is 0 Å². The fourth-order valence-corrected chi connectivity index (χ4v) is 2.20. The van der Waals surface area contributed by atoms with E-state index in [9.17, 15) is 0 Å². The van der Waals surface area contributed by atoms with Crippen LogP contribution in [-0.2, 0) is 6.42 Å². The fourth-order valence-electron chi connectivity index (χ4n) is 1.88. The topological polar surface area (TPSA) is 25.8 Å². The van der Waals surface area contributed by atoms with E-state index in [1.165, 1.54) is 5.56 Å². The molecule has 0 N–H and O–H groups in total. The Labute approximate surface area is 93.0 Å². The first-order valence-corrected chi connectivity index (χ1v) is 5.19. The molecule has 0 spiro atoms. The molecule has 0 aliphatic heterocycles. The Hall–Kier alpha value is -1.61. The molecule has 2 aromatic rings. The second-order valence-corrected chi connectivity index (χ2v) is 4.00. The second kappa shape index (κ2) is 3.21. The highest BCUT2D eigenvalue weighted by Crippen LogP contribution is 2.29. The van der Waals surface area contributed by atoms with Crippen molar-refractivity contribution >= 4 is 17.1 Å². The van der Waals surface area contributed by atoms with Gasteiger partial charge in [-0.2, -0.15) is 0 Å². The molecule has 15 heavy (non-hydrogen) atoms. The first-order chi connectivity index (χ1) is 7.36. The highest BCUT2D eigenvalue weighted by molar-refractivity contribution is 7.80. The summed E-state index contributed by atoms with van der Waals surface area (Å²) in [7, 11) is 0. The number of aromatic nitrogens is 2. The number of thiocarbonyl (C=S) groups is 1. The number of pyridine rings is 2. The lowest BCUT2D eigenvalue weighted by Crippen LogP contribution is -2.13. The predicted octanol–water partition coefficient (Wildman–Crippen LogP) is 2.42. The SMILES string of the molecule is S=C1Cc2cccnc2-c2ncccc21. The summed E-state index contributed by atoms with van der Waals surface area (Å²) in [6, 6.07) is 7.93. The molecule has 0 saturated heterocycles. The van der Waals surface area contributed by atoms with E-state index < -0.39 is 0 Å². The van der Waals surface area contributed by atoms with E-state index in [0.717, 1.165) is 28.2 Å². The lowest BCUT2D eigenvalue weighted by molar-refractivity contribution is 1.16. The van der Waals surface area contributed by atoms with Gasteiger partial charge in [0.2, 0.25) is 0 Å². The third-order valence-corrected chi connectivity index (χ3v) is 2.94. The highest BCUT2D eigenvalue weighted by atomic mass is 32.1. The van der Waals surface area contributed by atoms with Gasteiger partial charge >= 0.3 is 0 Å². The molecular weight excluding hydrogens is 204 g/mol. The van der Waals surface area contributed by atoms with Crippen LogP contribution in [0.4, 0.5) is 0 Å². The molecule has 3 heteroatoms. The number of rotatable bonds is 0. The molecule has 0 amide bonds. The van der Waals surface area contributed by atoms with Crippen molar-refractivity contribution in [2.45, 2.75) is 6.42 Å². The van der Waals surface area contributed by atoms with Gasteiger partial charge in [0, 0.05) is 29.2 Å². The fraction of sp³-hybridized carbons (Fsp3) is 0.0833. The van der Waals surface area contributed by atoms with E-state index in [4.69, 9.17) is 12.2 Å². The zero-order valence-corrected chi connectivity index (χ0v) is 8.79. The van der Waals surface area contributed by atoms with Gasteiger partial charge in [-0.3, -0.25) is 9.97 Å². The predicted molar refractivity (Wildman–Crippen MR) is 62.9 cm³/mol. The normalized spacial score (nSPS) is 13.2. The molecule has 1 aliphatic carbocycles. The van der Waals surface area contributed by atoms with Gasteiger partial charge < -0.3 is 0 Å². The minimum absolute atomic E-state index is 0.803. The van der Waals surface area contributed by atoms with Gasteiger partial charge in [-0.05, 0) is 17.7 Å². The molecule has 0 bridgehead atoms. The van der Waals surface area contributed by atoms with Crippen LogP contribution in [0.5, 0.6) is 0 Å². The molecule has 2 heterocycles. The van der Waals surface area contributed by atoms with Gasteiger partial charge in [0.15, 0.2) is 0 Å². The van der Waals surface area contributed by atoms with Crippen molar-refractivity contribution < 1.29 is 0 Å². The van der Waals surface area contributed by atoms with Crippen LogP contribution in [0.25, 0.3) is 11.4 Å². The van der Waals surface area contributed by atoms with Crippen LogP contribution >= 0.6 is 12.2 Å². The molecule has 0 fully saturated rings. The number of nitrogens with zero attached hydrogens (tertiary/aromatic N) is 2. The standard InChI is InChI=1S/C12H8N2S/c15-10-7-8-3-1-5-13-11(8)12-9(10)4-2-6-14-12/h1-6H,7H2. The van der Waals surface area contributed by atoms with Crippen molar-refractivity contribution in [3.63, 3.8) is 0 Å². The number of hydrogen-bond acceptors (Lipinski definition) is 3. The molecule has 2 nitrogen and oxygen atoms in total. The largest absolute Gasteiger partial charge is 0.254 e. The van der Waals surface area contributed by atoms with Gasteiger partial charge in [-0.25, -0.2) is 0 Å². The zero-order chi connectivity index (χ0) is 10.3. The van der Waals surface area contributed by atoms with E-state index in [0.29, 0.717) is 0 Å². The van der Waals surface area contributed by atoms with Crippen LogP contribution in [0.1, 0.15) is 11.1 Å². The average Bonchev–Trinajstić information content (AvgIpc) is 2.30. The van der Waals surface area contributed by atoms with Gasteiger partial charge in [0.1, 0.15) is 0 Å². The van der Waals surface area contributed by atoms with Gasteiger partial charge in [0.25, 0.3) is 0 Å². The third-order valence-electron chi connectivity index (χ3n) is 2.57. The average molecular weight is 212 g/mol. The molecule has 0 atom stereocenters. The van der Waals surface area contributed by atoms with Crippen molar-refractivity contribution in [1.29, 1.82) is 0 Å². The van der Waals surface area contributed by atoms with Crippen molar-refractivity contribution in [2.24, 2.45) is 0 Å². The Morgan fingerprint density at radius 3 is 2.60 bits per heavy atom. The molecule has 2 aromatic heterocycles. The van der Waals surface area contributed by atoms with Crippen molar-refractivity contribution in [1.82, 2.24) is 9.97 Å². The quantitative estimate of drug-likeness (QED) is 0.627. The van der Waals surface area contributed by atoms with Crippen molar-refractivity contribution in [3.05, 3.63) is 47.8 Å². The van der Waals surface area contributed by atoms with Crippen LogP contribution < -0.4 is 0 Å². The van der Waals surface area contributed by atoms with Crippen molar-refractivity contribution in [2.75, 3.05) is 0 Å². The molecule has 0 unspecified atom stereocenters. The van der Waals surface area contributed by atoms with E-state index in [1.807, 2.05) is 18.2 Å². The first-order valence-electron chi connectivity index (χ1n) is 4.79. The van der Waals surface area contributed by atoms with Gasteiger partial charge in [-0.15, -0.1) is 0 Å². The Balaban J connectivity index is 2.34. The number of fused-ring (bicyclic) bond motifs is 3. The minimum Gasteiger partial charge on any atom is -0.254 e. The summed E-state index contributed by atoms with van der Waals surface area (Å²) in [6.07, 6.45) is 4.38. The van der Waals surface area contributed by atoms with E-state index in [2.05, 4.69) is 16.0 Å². The lowest BCUT2D eigenvalue weighted by Gasteiger charge is -2.17. The molecule has 3 rings (SSSR count). The summed E-state index contributed by atoms with van der Waals surface area (Å²) in [5.41, 5.74) is 4.12. The maximum Gasteiger partial charge on any atom is 0.0972 e. The summed E-state index contributed by atoms with van der Waals surface area (Å²) < 4.78 is 0. The van der Waals surface area contributed by atoms with E-state index >= 15 is 0 Å². The Morgan fingerprint density at radius 1 is 1.00 bits per heavy atom. The van der Waals surface area contributed by atoms with Crippen LogP contribution in [0.2, 0.25) is 0 Å². The monoisotopic (exact) mass is 212 g/mol. The van der Waals surface area contributed by atoms with Crippen LogP contribution in [-0.4, -0.2) is 14.8 Å². The maximum atomic E-state index is 5.37. The number of hydrogen-bond donors (Lipinski definition) is 0. The summed E-state index contributed by atoms with van der Waals surface area (Å²) in [5.74, 6) is 0. The summed E-state index contributed by atoms with van der Waals surface area (Å²) in [6.45, 7) is 0. The van der Waals surface area contributed by atoms with Crippen LogP contribution in [0.15, 0.2) is 36.7 Å². The Bertz CT molecular complexity index is 549. The summed E-state index contributed by atoms with van der Waals surface area (Å²) in [5, 5.41) is 0. The molecular formula is C12H8N2S. The lowest BCUT2D eigenvalue weighted by atomic mass is 9.93. The van der Waals surface area contributed by atoms with Gasteiger partial charge in [-0.1, -0.05) is 24.4 Å². The van der Waals surface area contributed by atoms with Crippen molar-refractivity contribution in [3.8, 4) is 11.4 Å². The van der Waals surface area contributed by atoms with E-state index in [1.54, 1.807) is 12.4 Å². The second-order valence-electron chi connectivity index (χ2n) is 3.51. The Morgan fingerprint density at radius 2 is 1.73 bits per heavy atom. The first kappa shape index (κ1) is 8.68. The maximum absolute atomic E-state index is 5.37. The Kier molecular flexibility index (Phi) is 1.86. The van der Waals surface area contributed by atoms with Crippen LogP contribution in [0.3, 0.4) is 0 Å². The molecule has 0 saturated carbocycles. The summed E-state index contributed by atoms with van der Waals surface area (Å²) in [4.78, 5) is 9.69. The van der Waals surface area contributed by atoms with Crippen LogP contribution in [0, 0.1) is 0 Å². The zero-order valence-electron chi connectivity index (χ0n) is 7.97. The molecule has 72 valence electrons. The molecule has 1 aliphatic rings. The third kappa shape index (κ3) is 1.27. The smallest absolute Gasteiger partial charge is 0.0972 e. The minimum atomic E-state index is 0.803. The van der Waals surface area contributed by atoms with Gasteiger partial charge in [0.05, 0.1) is 11.4 Å². The molecule has 0 radical (unpaired) electrons. The highest BCUT2D eigenvalue weighted by Gasteiger charge is 2.20. The molecule has 0 aromatic carbocycles. The summed E-state index contributed by atoms with van der Waals surface area (Å²) >= 11 is 5.37.